The van der Waals surface area contributed by atoms with Crippen LogP contribution in [0.5, 0.6) is 0 Å². The van der Waals surface area contributed by atoms with Crippen molar-refractivity contribution in [3.8, 4) is 0 Å². The highest BCUT2D eigenvalue weighted by Gasteiger charge is 2.19. The van der Waals surface area contributed by atoms with E-state index in [0.29, 0.717) is 11.8 Å². The van der Waals surface area contributed by atoms with E-state index in [4.69, 9.17) is 9.98 Å². The van der Waals surface area contributed by atoms with Crippen LogP contribution >= 0.6 is 11.8 Å². The maximum Gasteiger partial charge on any atom is 0.117 e. The third kappa shape index (κ3) is 4.27. The molecule has 0 fully saturated rings. The lowest BCUT2D eigenvalue weighted by Crippen LogP contribution is -2.17. The topological polar surface area (TPSA) is 24.7 Å². The predicted octanol–water partition coefficient (Wildman–Crippen LogP) is 6.59. The molecule has 1 heterocycles. The average Bonchev–Trinajstić information content (AvgIpc) is 2.67. The number of thioether (sulfide) groups is 1. The zero-order valence-electron chi connectivity index (χ0n) is 16.2. The quantitative estimate of drug-likeness (QED) is 0.549. The molecule has 0 N–H and O–H groups in total. The molecule has 0 aliphatic carbocycles. The van der Waals surface area contributed by atoms with Crippen LogP contribution in [0.25, 0.3) is 0 Å². The van der Waals surface area contributed by atoms with E-state index in [1.54, 1.807) is 0 Å². The highest BCUT2D eigenvalue weighted by Crippen LogP contribution is 2.35. The first-order valence-electron chi connectivity index (χ1n) is 9.52. The van der Waals surface area contributed by atoms with Crippen LogP contribution in [0.2, 0.25) is 0 Å². The summed E-state index contributed by atoms with van der Waals surface area (Å²) in [6.07, 6.45) is 1.15. The van der Waals surface area contributed by atoms with E-state index >= 15 is 0 Å². The minimum Gasteiger partial charge on any atom is -0.276 e. The Balaban J connectivity index is 2.21. The van der Waals surface area contributed by atoms with Gasteiger partial charge in [-0.05, 0) is 29.4 Å². The summed E-state index contributed by atoms with van der Waals surface area (Å²) in [6.45, 7) is 9.87. The molecular formula is C23H28N2S. The maximum atomic E-state index is 5.26. The van der Waals surface area contributed by atoms with Gasteiger partial charge in [0.1, 0.15) is 10.8 Å². The molecule has 3 rings (SSSR count). The van der Waals surface area contributed by atoms with E-state index < -0.39 is 0 Å². The van der Waals surface area contributed by atoms with Gasteiger partial charge in [-0.15, -0.1) is 11.8 Å². The molecule has 0 unspecified atom stereocenters. The molecule has 2 nitrogen and oxygen atoms in total. The summed E-state index contributed by atoms with van der Waals surface area (Å²) >= 11 is 1.83. The van der Waals surface area contributed by atoms with Crippen molar-refractivity contribution in [1.29, 1.82) is 0 Å². The van der Waals surface area contributed by atoms with E-state index in [-0.39, 0.29) is 0 Å². The molecule has 0 saturated carbocycles. The van der Waals surface area contributed by atoms with Gasteiger partial charge in [0, 0.05) is 17.9 Å². The van der Waals surface area contributed by atoms with Crippen molar-refractivity contribution in [3.63, 3.8) is 0 Å². The number of nitrogens with zero attached hydrogens (tertiary/aromatic N) is 2. The number of aliphatic imine (C=N–C) groups is 2. The molecule has 2 aromatic carbocycles. The van der Waals surface area contributed by atoms with E-state index in [2.05, 4.69) is 76.2 Å². The number of hydrogen-bond donors (Lipinski definition) is 0. The second-order valence-electron chi connectivity index (χ2n) is 7.31. The summed E-state index contributed by atoms with van der Waals surface area (Å²) in [5, 5.41) is 1.08. The lowest BCUT2D eigenvalue weighted by molar-refractivity contribution is 0.835. The molecule has 1 aliphatic heterocycles. The zero-order chi connectivity index (χ0) is 18.5. The number of hydrogen-bond acceptors (Lipinski definition) is 3. The van der Waals surface area contributed by atoms with Crippen LogP contribution < -0.4 is 0 Å². The van der Waals surface area contributed by atoms with Crippen molar-refractivity contribution >= 4 is 28.2 Å². The molecule has 0 aromatic heterocycles. The van der Waals surface area contributed by atoms with Gasteiger partial charge in [0.2, 0.25) is 0 Å². The summed E-state index contributed by atoms with van der Waals surface area (Å²) in [5.74, 6) is 1.99. The fraction of sp³-hybridized carbons (Fsp3) is 0.391. The molecule has 136 valence electrons. The van der Waals surface area contributed by atoms with E-state index in [9.17, 15) is 0 Å². The Bertz CT molecular complexity index is 778. The van der Waals surface area contributed by atoms with Gasteiger partial charge in [-0.2, -0.15) is 0 Å². The molecule has 1 aliphatic rings. The largest absolute Gasteiger partial charge is 0.276 e. The van der Waals surface area contributed by atoms with Gasteiger partial charge in [-0.3, -0.25) is 4.99 Å². The molecule has 0 bridgehead atoms. The zero-order valence-corrected chi connectivity index (χ0v) is 17.0. The molecule has 26 heavy (non-hydrogen) atoms. The lowest BCUT2D eigenvalue weighted by atomic mass is 9.92. The second kappa shape index (κ2) is 8.68. The second-order valence-corrected chi connectivity index (χ2v) is 8.39. The minimum atomic E-state index is 0.436. The first-order chi connectivity index (χ1) is 12.6. The Morgan fingerprint density at radius 2 is 1.58 bits per heavy atom. The Kier molecular flexibility index (Phi) is 6.31. The Hall–Kier alpha value is -1.87. The number of rotatable bonds is 5. The van der Waals surface area contributed by atoms with Gasteiger partial charge >= 0.3 is 0 Å². The van der Waals surface area contributed by atoms with Gasteiger partial charge in [0.05, 0.1) is 5.69 Å². The van der Waals surface area contributed by atoms with Crippen LogP contribution in [0, 0.1) is 0 Å². The fourth-order valence-corrected chi connectivity index (χ4v) is 4.14. The molecule has 0 saturated heterocycles. The first-order valence-corrected chi connectivity index (χ1v) is 10.5. The average molecular weight is 365 g/mol. The molecule has 3 heteroatoms. The van der Waals surface area contributed by atoms with Crippen LogP contribution in [0.1, 0.15) is 62.6 Å². The normalized spacial score (nSPS) is 15.5. The first kappa shape index (κ1) is 18.9. The van der Waals surface area contributed by atoms with Gasteiger partial charge in [0.15, 0.2) is 0 Å². The number of para-hydroxylation sites is 1. The summed E-state index contributed by atoms with van der Waals surface area (Å²) in [4.78, 5) is 10.1. The van der Waals surface area contributed by atoms with Gasteiger partial charge in [-0.25, -0.2) is 4.99 Å². The Morgan fingerprint density at radius 3 is 2.12 bits per heavy atom. The molecule has 0 spiro atoms. The van der Waals surface area contributed by atoms with Crippen LogP contribution in [0.4, 0.5) is 5.69 Å². The SMILES string of the molecule is CC(C)c1cccc(C(C)C)c1/N=C(/C1=NCCCS1)c1ccccc1. The van der Waals surface area contributed by atoms with Gasteiger partial charge < -0.3 is 0 Å². The van der Waals surface area contributed by atoms with Crippen LogP contribution in [-0.2, 0) is 0 Å². The summed E-state index contributed by atoms with van der Waals surface area (Å²) in [7, 11) is 0. The smallest absolute Gasteiger partial charge is 0.117 e. The standard InChI is InChI=1S/C23H28N2S/c1-16(2)19-12-8-13-20(17(3)4)22(19)25-21(18-10-6-5-7-11-18)23-24-14-9-15-26-23/h5-8,10-13,16-17H,9,14-15H2,1-4H3/b25-21+. The minimum absolute atomic E-state index is 0.436. The van der Waals surface area contributed by atoms with Crippen LogP contribution in [-0.4, -0.2) is 23.1 Å². The predicted molar refractivity (Wildman–Crippen MR) is 117 cm³/mol. The van der Waals surface area contributed by atoms with Gasteiger partial charge in [0.25, 0.3) is 0 Å². The molecule has 0 atom stereocenters. The van der Waals surface area contributed by atoms with Gasteiger partial charge in [-0.1, -0.05) is 76.2 Å². The summed E-state index contributed by atoms with van der Waals surface area (Å²) in [6, 6.07) is 17.1. The third-order valence-corrected chi connectivity index (χ3v) is 5.70. The van der Waals surface area contributed by atoms with E-state index in [0.717, 1.165) is 40.7 Å². The van der Waals surface area contributed by atoms with Crippen LogP contribution in [0.3, 0.4) is 0 Å². The molecule has 2 aromatic rings. The van der Waals surface area contributed by atoms with Crippen molar-refractivity contribution < 1.29 is 0 Å². The summed E-state index contributed by atoms with van der Waals surface area (Å²) in [5.41, 5.74) is 5.92. The lowest BCUT2D eigenvalue weighted by Gasteiger charge is -2.19. The van der Waals surface area contributed by atoms with Crippen molar-refractivity contribution in [2.45, 2.75) is 46.0 Å². The highest BCUT2D eigenvalue weighted by atomic mass is 32.2. The molecular weight excluding hydrogens is 336 g/mol. The number of benzene rings is 2. The molecule has 0 amide bonds. The van der Waals surface area contributed by atoms with Crippen molar-refractivity contribution in [1.82, 2.24) is 0 Å². The van der Waals surface area contributed by atoms with Crippen molar-refractivity contribution in [2.75, 3.05) is 12.3 Å². The highest BCUT2D eigenvalue weighted by molar-refractivity contribution is 8.15. The third-order valence-electron chi connectivity index (χ3n) is 4.61. The maximum absolute atomic E-state index is 5.26. The van der Waals surface area contributed by atoms with Crippen LogP contribution in [0.15, 0.2) is 58.5 Å². The van der Waals surface area contributed by atoms with E-state index in [1.807, 2.05) is 11.8 Å². The van der Waals surface area contributed by atoms with E-state index in [1.165, 1.54) is 11.1 Å². The Morgan fingerprint density at radius 1 is 0.923 bits per heavy atom. The molecule has 0 radical (unpaired) electrons. The fourth-order valence-electron chi connectivity index (χ4n) is 3.19. The van der Waals surface area contributed by atoms with Crippen molar-refractivity contribution in [2.24, 2.45) is 9.98 Å². The van der Waals surface area contributed by atoms with Crippen molar-refractivity contribution in [3.05, 3.63) is 65.2 Å². The monoisotopic (exact) mass is 364 g/mol. The summed E-state index contributed by atoms with van der Waals surface area (Å²) < 4.78 is 0. The Labute approximate surface area is 161 Å².